The predicted octanol–water partition coefficient (Wildman–Crippen LogP) is 7.35. The number of hydrogen-bond acceptors (Lipinski definition) is 3. The summed E-state index contributed by atoms with van der Waals surface area (Å²) in [5.41, 5.74) is 7.28. The first-order chi connectivity index (χ1) is 16.6. The maximum atomic E-state index is 10.7. The zero-order valence-corrected chi connectivity index (χ0v) is 19.8. The Morgan fingerprint density at radius 3 is 2.15 bits per heavy atom. The number of hydrogen-bond donors (Lipinski definition) is 1. The molecule has 4 aromatic rings. The summed E-state index contributed by atoms with van der Waals surface area (Å²) in [6, 6.07) is 35.1. The highest BCUT2D eigenvalue weighted by Gasteiger charge is 2.09. The second-order valence-electron chi connectivity index (χ2n) is 7.84. The molecule has 0 aromatic heterocycles. The standard InChI is InChI=1S/C30H26O3S/c1-22-7-5-6-10-28(22)29(25-13-11-24(12-14-25)23-8-3-2-4-9-23)19-20-34-27-17-15-26(16-18-27)33-21-30(31)32/h2-19H,20-21H2,1H3,(H,31,32)/b29-19+. The summed E-state index contributed by atoms with van der Waals surface area (Å²) in [4.78, 5) is 11.8. The van der Waals surface area contributed by atoms with Crippen molar-refractivity contribution in [1.29, 1.82) is 0 Å². The van der Waals surface area contributed by atoms with E-state index in [0.29, 0.717) is 5.75 Å². The number of aryl methyl sites for hydroxylation is 1. The smallest absolute Gasteiger partial charge is 0.341 e. The van der Waals surface area contributed by atoms with Crippen molar-refractivity contribution >= 4 is 23.3 Å². The molecule has 0 radical (unpaired) electrons. The molecule has 4 rings (SSSR count). The third kappa shape index (κ3) is 6.18. The highest BCUT2D eigenvalue weighted by atomic mass is 32.2. The fourth-order valence-corrected chi connectivity index (χ4v) is 4.50. The molecule has 4 heteroatoms. The van der Waals surface area contributed by atoms with E-state index in [9.17, 15) is 4.79 Å². The molecule has 0 amide bonds. The van der Waals surface area contributed by atoms with Crippen molar-refractivity contribution in [1.82, 2.24) is 0 Å². The zero-order chi connectivity index (χ0) is 23.8. The SMILES string of the molecule is Cc1ccccc1/C(=C/CSc1ccc(OCC(=O)O)cc1)c1ccc(-c2ccccc2)cc1. The third-order valence-electron chi connectivity index (χ3n) is 5.46. The van der Waals surface area contributed by atoms with E-state index in [-0.39, 0.29) is 6.61 Å². The lowest BCUT2D eigenvalue weighted by molar-refractivity contribution is -0.139. The van der Waals surface area contributed by atoms with Crippen LogP contribution in [0.25, 0.3) is 16.7 Å². The van der Waals surface area contributed by atoms with Gasteiger partial charge in [0.05, 0.1) is 0 Å². The minimum Gasteiger partial charge on any atom is -0.482 e. The number of aliphatic carboxylic acids is 1. The molecule has 0 aliphatic heterocycles. The molecule has 3 nitrogen and oxygen atoms in total. The van der Waals surface area contributed by atoms with Gasteiger partial charge in [-0.25, -0.2) is 4.79 Å². The van der Waals surface area contributed by atoms with Crippen LogP contribution in [0.15, 0.2) is 114 Å². The predicted molar refractivity (Wildman–Crippen MR) is 140 cm³/mol. The van der Waals surface area contributed by atoms with E-state index in [0.717, 1.165) is 10.6 Å². The van der Waals surface area contributed by atoms with Gasteiger partial charge in [-0.3, -0.25) is 0 Å². The van der Waals surface area contributed by atoms with E-state index < -0.39 is 5.97 Å². The van der Waals surface area contributed by atoms with Gasteiger partial charge in [-0.15, -0.1) is 11.8 Å². The molecule has 0 atom stereocenters. The number of rotatable bonds is 9. The number of benzene rings is 4. The van der Waals surface area contributed by atoms with Gasteiger partial charge in [-0.1, -0.05) is 84.9 Å². The molecule has 0 heterocycles. The molecule has 0 saturated carbocycles. The van der Waals surface area contributed by atoms with Gasteiger partial charge in [-0.2, -0.15) is 0 Å². The van der Waals surface area contributed by atoms with Crippen LogP contribution in [0.1, 0.15) is 16.7 Å². The summed E-state index contributed by atoms with van der Waals surface area (Å²) in [5, 5.41) is 8.74. The Kier molecular flexibility index (Phi) is 7.84. The van der Waals surface area contributed by atoms with Gasteiger partial charge in [0.15, 0.2) is 6.61 Å². The van der Waals surface area contributed by atoms with E-state index >= 15 is 0 Å². The fourth-order valence-electron chi connectivity index (χ4n) is 3.73. The van der Waals surface area contributed by atoms with E-state index in [1.54, 1.807) is 23.9 Å². The van der Waals surface area contributed by atoms with Gasteiger partial charge in [0.1, 0.15) is 5.75 Å². The summed E-state index contributed by atoms with van der Waals surface area (Å²) >= 11 is 1.73. The van der Waals surface area contributed by atoms with Crippen molar-refractivity contribution in [3.05, 3.63) is 126 Å². The molecule has 1 N–H and O–H groups in total. The van der Waals surface area contributed by atoms with Crippen molar-refractivity contribution in [3.63, 3.8) is 0 Å². The molecule has 0 spiro atoms. The molecule has 0 aliphatic rings. The van der Waals surface area contributed by atoms with E-state index in [1.165, 1.54) is 33.4 Å². The summed E-state index contributed by atoms with van der Waals surface area (Å²) < 4.78 is 5.21. The monoisotopic (exact) mass is 466 g/mol. The lowest BCUT2D eigenvalue weighted by atomic mass is 9.93. The molecule has 34 heavy (non-hydrogen) atoms. The normalized spacial score (nSPS) is 11.3. The van der Waals surface area contributed by atoms with Crippen LogP contribution in [-0.4, -0.2) is 23.4 Å². The van der Waals surface area contributed by atoms with Crippen LogP contribution in [0.3, 0.4) is 0 Å². The number of thioether (sulfide) groups is 1. The van der Waals surface area contributed by atoms with Crippen molar-refractivity contribution in [2.45, 2.75) is 11.8 Å². The van der Waals surface area contributed by atoms with E-state index in [2.05, 4.69) is 85.8 Å². The third-order valence-corrected chi connectivity index (χ3v) is 6.40. The van der Waals surface area contributed by atoms with Crippen molar-refractivity contribution in [2.75, 3.05) is 12.4 Å². The summed E-state index contributed by atoms with van der Waals surface area (Å²) in [7, 11) is 0. The Labute approximate surface area is 204 Å². The Morgan fingerprint density at radius 1 is 0.824 bits per heavy atom. The number of carboxylic acid groups (broad SMARTS) is 1. The highest BCUT2D eigenvalue weighted by molar-refractivity contribution is 7.99. The van der Waals surface area contributed by atoms with Gasteiger partial charge >= 0.3 is 5.97 Å². The lowest BCUT2D eigenvalue weighted by Crippen LogP contribution is -2.09. The van der Waals surface area contributed by atoms with E-state index in [1.807, 2.05) is 18.2 Å². The summed E-state index contributed by atoms with van der Waals surface area (Å²) in [6.45, 7) is 1.81. The van der Waals surface area contributed by atoms with Crippen LogP contribution < -0.4 is 4.74 Å². The molecule has 0 aliphatic carbocycles. The van der Waals surface area contributed by atoms with Gasteiger partial charge in [-0.05, 0) is 64.6 Å². The van der Waals surface area contributed by atoms with Crippen LogP contribution >= 0.6 is 11.8 Å². The van der Waals surface area contributed by atoms with Gasteiger partial charge in [0, 0.05) is 10.6 Å². The van der Waals surface area contributed by atoms with E-state index in [4.69, 9.17) is 9.84 Å². The Hall–Kier alpha value is -3.76. The van der Waals surface area contributed by atoms with Crippen LogP contribution in [0.4, 0.5) is 0 Å². The van der Waals surface area contributed by atoms with Gasteiger partial charge < -0.3 is 9.84 Å². The summed E-state index contributed by atoms with van der Waals surface area (Å²) in [6.07, 6.45) is 2.28. The van der Waals surface area contributed by atoms with Gasteiger partial charge in [0.2, 0.25) is 0 Å². The minimum absolute atomic E-state index is 0.335. The number of ether oxygens (including phenoxy) is 1. The molecule has 0 saturated heterocycles. The fraction of sp³-hybridized carbons (Fsp3) is 0.100. The lowest BCUT2D eigenvalue weighted by Gasteiger charge is -2.13. The van der Waals surface area contributed by atoms with Crippen LogP contribution in [0, 0.1) is 6.92 Å². The average Bonchev–Trinajstić information content (AvgIpc) is 2.87. The van der Waals surface area contributed by atoms with Crippen molar-refractivity contribution in [3.8, 4) is 16.9 Å². The van der Waals surface area contributed by atoms with Crippen LogP contribution in [0.2, 0.25) is 0 Å². The van der Waals surface area contributed by atoms with Gasteiger partial charge in [0.25, 0.3) is 0 Å². The molecule has 0 unspecified atom stereocenters. The number of carbonyl (C=O) groups is 1. The second kappa shape index (κ2) is 11.4. The zero-order valence-electron chi connectivity index (χ0n) is 19.0. The molecule has 0 bridgehead atoms. The van der Waals surface area contributed by atoms with Crippen LogP contribution in [-0.2, 0) is 4.79 Å². The van der Waals surface area contributed by atoms with Crippen molar-refractivity contribution < 1.29 is 14.6 Å². The Morgan fingerprint density at radius 2 is 1.47 bits per heavy atom. The summed E-state index contributed by atoms with van der Waals surface area (Å²) in [5.74, 6) is 0.380. The second-order valence-corrected chi connectivity index (χ2v) is 8.93. The maximum absolute atomic E-state index is 10.7. The largest absolute Gasteiger partial charge is 0.482 e. The number of carboxylic acids is 1. The maximum Gasteiger partial charge on any atom is 0.341 e. The highest BCUT2D eigenvalue weighted by Crippen LogP contribution is 2.30. The first kappa shape index (κ1) is 23.4. The minimum atomic E-state index is -0.982. The Bertz CT molecular complexity index is 1260. The molecule has 4 aromatic carbocycles. The Balaban J connectivity index is 1.54. The van der Waals surface area contributed by atoms with Crippen LogP contribution in [0.5, 0.6) is 5.75 Å². The van der Waals surface area contributed by atoms with Crippen molar-refractivity contribution in [2.24, 2.45) is 0 Å². The molecule has 0 fully saturated rings. The average molecular weight is 467 g/mol. The topological polar surface area (TPSA) is 46.5 Å². The molecular formula is C30H26O3S. The first-order valence-corrected chi connectivity index (χ1v) is 12.1. The molecular weight excluding hydrogens is 440 g/mol. The molecule has 170 valence electrons. The quantitative estimate of drug-likeness (QED) is 0.262. The first-order valence-electron chi connectivity index (χ1n) is 11.1.